The Morgan fingerprint density at radius 2 is 2.00 bits per heavy atom. The lowest BCUT2D eigenvalue weighted by Crippen LogP contribution is -2.45. The first-order valence-corrected chi connectivity index (χ1v) is 12.4. The minimum Gasteiger partial charge on any atom is -0.508 e. The zero-order valence-corrected chi connectivity index (χ0v) is 20.4. The van der Waals surface area contributed by atoms with E-state index in [0.29, 0.717) is 11.7 Å². The van der Waals surface area contributed by atoms with Crippen LogP contribution in [0.4, 0.5) is 0 Å². The molecule has 0 saturated carbocycles. The highest BCUT2D eigenvalue weighted by molar-refractivity contribution is 5.68. The number of phenolic OH excluding ortho intramolecular Hbond substituents is 1. The highest BCUT2D eigenvalue weighted by Crippen LogP contribution is 2.56. The van der Waals surface area contributed by atoms with Crippen LogP contribution in [0.2, 0.25) is 0 Å². The Hall–Kier alpha value is -2.29. The highest BCUT2D eigenvalue weighted by atomic mass is 16.5. The Bertz CT molecular complexity index is 974. The molecule has 0 amide bonds. The van der Waals surface area contributed by atoms with Gasteiger partial charge >= 0.3 is 0 Å². The molecule has 0 unspecified atom stereocenters. The van der Waals surface area contributed by atoms with Gasteiger partial charge in [0.15, 0.2) is 0 Å². The lowest BCUT2D eigenvalue weighted by atomic mass is 9.66. The molecule has 1 aromatic carbocycles. The molecule has 2 heterocycles. The SMILES string of the molecule is CCCCCCC(C)(C)c1cc(O)c2c(c1)OC(C)(C)[C@@H]1CC=C(c3cccnc3)C[C@@H]21. The molecule has 4 rings (SSSR count). The zero-order valence-electron chi connectivity index (χ0n) is 20.4. The average Bonchev–Trinajstić information content (AvgIpc) is 2.76. The monoisotopic (exact) mass is 433 g/mol. The largest absolute Gasteiger partial charge is 0.508 e. The molecule has 2 aromatic rings. The molecule has 1 aliphatic carbocycles. The first-order valence-electron chi connectivity index (χ1n) is 12.4. The Balaban J connectivity index is 1.66. The molecule has 1 aromatic heterocycles. The van der Waals surface area contributed by atoms with Gasteiger partial charge in [-0.05, 0) is 73.4 Å². The molecule has 1 aliphatic heterocycles. The van der Waals surface area contributed by atoms with Gasteiger partial charge in [0.05, 0.1) is 0 Å². The highest BCUT2D eigenvalue weighted by Gasteiger charge is 2.46. The van der Waals surface area contributed by atoms with Crippen LogP contribution in [-0.4, -0.2) is 15.7 Å². The number of fused-ring (bicyclic) bond motifs is 3. The molecular formula is C29H39NO2. The number of hydrogen-bond donors (Lipinski definition) is 1. The Labute approximate surface area is 193 Å². The molecule has 0 radical (unpaired) electrons. The van der Waals surface area contributed by atoms with Gasteiger partial charge in [0.2, 0.25) is 0 Å². The molecule has 0 bridgehead atoms. The molecule has 0 spiro atoms. The molecule has 172 valence electrons. The van der Waals surface area contributed by atoms with Gasteiger partial charge < -0.3 is 9.84 Å². The second-order valence-corrected chi connectivity index (χ2v) is 10.9. The Kier molecular flexibility index (Phi) is 6.38. The van der Waals surface area contributed by atoms with E-state index in [9.17, 15) is 5.11 Å². The van der Waals surface area contributed by atoms with Crippen LogP contribution in [0, 0.1) is 5.92 Å². The van der Waals surface area contributed by atoms with Crippen molar-refractivity contribution in [3.63, 3.8) is 0 Å². The van der Waals surface area contributed by atoms with Crippen LogP contribution in [0.3, 0.4) is 0 Å². The fourth-order valence-electron chi connectivity index (χ4n) is 5.71. The van der Waals surface area contributed by atoms with Crippen molar-refractivity contribution in [3.05, 3.63) is 59.4 Å². The number of ether oxygens (including phenoxy) is 1. The summed E-state index contributed by atoms with van der Waals surface area (Å²) in [7, 11) is 0. The van der Waals surface area contributed by atoms with Crippen molar-refractivity contribution in [2.24, 2.45) is 5.92 Å². The van der Waals surface area contributed by atoms with Crippen LogP contribution in [0.15, 0.2) is 42.7 Å². The number of pyridine rings is 1. The number of unbranched alkanes of at least 4 members (excludes halogenated alkanes) is 3. The van der Waals surface area contributed by atoms with E-state index in [1.807, 2.05) is 24.5 Å². The summed E-state index contributed by atoms with van der Waals surface area (Å²) in [6.45, 7) is 11.2. The maximum absolute atomic E-state index is 11.3. The van der Waals surface area contributed by atoms with Crippen molar-refractivity contribution in [2.45, 2.75) is 96.5 Å². The second kappa shape index (κ2) is 8.92. The van der Waals surface area contributed by atoms with Crippen molar-refractivity contribution in [1.82, 2.24) is 4.98 Å². The summed E-state index contributed by atoms with van der Waals surface area (Å²) >= 11 is 0. The number of phenols is 1. The number of rotatable bonds is 7. The van der Waals surface area contributed by atoms with Crippen molar-refractivity contribution in [2.75, 3.05) is 0 Å². The normalized spacial score (nSPS) is 21.8. The topological polar surface area (TPSA) is 42.4 Å². The van der Waals surface area contributed by atoms with Gasteiger partial charge in [0.1, 0.15) is 17.1 Å². The molecule has 0 saturated heterocycles. The lowest BCUT2D eigenvalue weighted by molar-refractivity contribution is 0.00910. The molecule has 3 nitrogen and oxygen atoms in total. The standard InChI is InChI=1S/C29H39NO2/c1-6-7-8-9-14-28(2,3)22-17-25(31)27-23-16-20(21-11-10-15-30-19-21)12-13-24(23)29(4,5)32-26(27)18-22/h10-12,15,17-19,23-24,31H,6-9,13-14,16H2,1-5H3/t23-,24-/m1/s1. The predicted octanol–water partition coefficient (Wildman–Crippen LogP) is 7.78. The number of allylic oxidation sites excluding steroid dienone is 2. The number of hydrogen-bond acceptors (Lipinski definition) is 3. The Morgan fingerprint density at radius 3 is 2.72 bits per heavy atom. The summed E-state index contributed by atoms with van der Waals surface area (Å²) in [5, 5.41) is 11.3. The van der Waals surface area contributed by atoms with Gasteiger partial charge in [-0.25, -0.2) is 0 Å². The average molecular weight is 434 g/mol. The van der Waals surface area contributed by atoms with E-state index in [-0.39, 0.29) is 16.9 Å². The molecule has 3 heteroatoms. The smallest absolute Gasteiger partial charge is 0.127 e. The van der Waals surface area contributed by atoms with Crippen LogP contribution < -0.4 is 4.74 Å². The van der Waals surface area contributed by atoms with E-state index in [1.165, 1.54) is 42.4 Å². The van der Waals surface area contributed by atoms with Crippen LogP contribution in [-0.2, 0) is 5.41 Å². The first-order chi connectivity index (χ1) is 15.2. The van der Waals surface area contributed by atoms with Crippen molar-refractivity contribution < 1.29 is 9.84 Å². The van der Waals surface area contributed by atoms with Gasteiger partial charge in [0.25, 0.3) is 0 Å². The summed E-state index contributed by atoms with van der Waals surface area (Å²) in [5.41, 5.74) is 4.42. The zero-order chi connectivity index (χ0) is 22.9. The number of benzene rings is 1. The molecule has 0 fully saturated rings. The minimum absolute atomic E-state index is 0.0118. The van der Waals surface area contributed by atoms with E-state index in [0.717, 1.165) is 30.6 Å². The Morgan fingerprint density at radius 1 is 1.19 bits per heavy atom. The van der Waals surface area contributed by atoms with Crippen molar-refractivity contribution >= 4 is 5.57 Å². The third-order valence-electron chi connectivity index (χ3n) is 7.77. The second-order valence-electron chi connectivity index (χ2n) is 10.9. The molecule has 2 aliphatic rings. The minimum atomic E-state index is -0.273. The molecule has 2 atom stereocenters. The van der Waals surface area contributed by atoms with E-state index in [4.69, 9.17) is 4.74 Å². The summed E-state index contributed by atoms with van der Waals surface area (Å²) in [4.78, 5) is 4.31. The van der Waals surface area contributed by atoms with Gasteiger partial charge in [-0.3, -0.25) is 4.98 Å². The maximum Gasteiger partial charge on any atom is 0.127 e. The predicted molar refractivity (Wildman–Crippen MR) is 132 cm³/mol. The van der Waals surface area contributed by atoms with Crippen LogP contribution >= 0.6 is 0 Å². The summed E-state index contributed by atoms with van der Waals surface area (Å²) in [5.74, 6) is 1.86. The van der Waals surface area contributed by atoms with Gasteiger partial charge in [0, 0.05) is 29.8 Å². The molecule has 32 heavy (non-hydrogen) atoms. The molecular weight excluding hydrogens is 394 g/mol. The van der Waals surface area contributed by atoms with E-state index in [2.05, 4.69) is 57.8 Å². The first kappa shape index (κ1) is 22.9. The quantitative estimate of drug-likeness (QED) is 0.453. The maximum atomic E-state index is 11.3. The van der Waals surface area contributed by atoms with Crippen LogP contribution in [0.1, 0.15) is 102 Å². The fourth-order valence-corrected chi connectivity index (χ4v) is 5.71. The lowest BCUT2D eigenvalue weighted by Gasteiger charge is -2.47. The van der Waals surface area contributed by atoms with Crippen LogP contribution in [0.5, 0.6) is 11.5 Å². The molecule has 1 N–H and O–H groups in total. The third-order valence-corrected chi connectivity index (χ3v) is 7.77. The summed E-state index contributed by atoms with van der Waals surface area (Å²) < 4.78 is 6.59. The van der Waals surface area contributed by atoms with E-state index < -0.39 is 0 Å². The number of aromatic hydroxyl groups is 1. The number of aromatic nitrogens is 1. The van der Waals surface area contributed by atoms with Crippen LogP contribution in [0.25, 0.3) is 5.57 Å². The van der Waals surface area contributed by atoms with Crippen molar-refractivity contribution in [3.8, 4) is 11.5 Å². The van der Waals surface area contributed by atoms with Gasteiger partial charge in [-0.1, -0.05) is 58.6 Å². The summed E-state index contributed by atoms with van der Waals surface area (Å²) in [6.07, 6.45) is 14.1. The van der Waals surface area contributed by atoms with E-state index in [1.54, 1.807) is 0 Å². The van der Waals surface area contributed by atoms with Gasteiger partial charge in [-0.15, -0.1) is 0 Å². The number of nitrogens with zero attached hydrogens (tertiary/aromatic N) is 1. The van der Waals surface area contributed by atoms with E-state index >= 15 is 0 Å². The summed E-state index contributed by atoms with van der Waals surface area (Å²) in [6, 6.07) is 8.36. The fraction of sp³-hybridized carbons (Fsp3) is 0.552. The van der Waals surface area contributed by atoms with Gasteiger partial charge in [-0.2, -0.15) is 0 Å². The third kappa shape index (κ3) is 4.44. The van der Waals surface area contributed by atoms with Crippen molar-refractivity contribution in [1.29, 1.82) is 0 Å².